The van der Waals surface area contributed by atoms with Gasteiger partial charge in [-0.05, 0) is 18.8 Å². The molecule has 0 aromatic heterocycles. The molecule has 0 heterocycles. The van der Waals surface area contributed by atoms with Crippen molar-refractivity contribution in [1.82, 2.24) is 5.32 Å². The maximum atomic E-state index is 11.0. The Labute approximate surface area is 157 Å². The van der Waals surface area contributed by atoms with Crippen molar-refractivity contribution in [2.24, 2.45) is 11.7 Å². The molecule has 2 rings (SSSR count). The van der Waals surface area contributed by atoms with E-state index < -0.39 is 0 Å². The lowest BCUT2D eigenvalue weighted by molar-refractivity contribution is -0.121. The van der Waals surface area contributed by atoms with Crippen molar-refractivity contribution in [3.8, 4) is 0 Å². The Kier molecular flexibility index (Phi) is 28.9. The van der Waals surface area contributed by atoms with Gasteiger partial charge >= 0.3 is 0 Å². The number of carbonyl (C=O) groups excluding carboxylic acids is 2. The van der Waals surface area contributed by atoms with Crippen LogP contribution < -0.4 is 11.1 Å². The van der Waals surface area contributed by atoms with Crippen molar-refractivity contribution in [3.05, 3.63) is 0 Å². The molecule has 0 spiro atoms. The molecule has 0 aromatic rings. The summed E-state index contributed by atoms with van der Waals surface area (Å²) in [6.07, 6.45) is 14.6. The zero-order valence-electron chi connectivity index (χ0n) is 17.9. The van der Waals surface area contributed by atoms with Crippen molar-refractivity contribution in [1.29, 1.82) is 0 Å². The Morgan fingerprint density at radius 2 is 1.32 bits per heavy atom. The van der Waals surface area contributed by atoms with E-state index in [-0.39, 0.29) is 12.3 Å². The van der Waals surface area contributed by atoms with E-state index in [2.05, 4.69) is 18.0 Å². The molecule has 2 amide bonds. The fourth-order valence-electron chi connectivity index (χ4n) is 3.00. The second kappa shape index (κ2) is 25.2. The minimum Gasteiger partial charge on any atom is -0.372 e. The molecule has 0 saturated heterocycles. The summed E-state index contributed by atoms with van der Waals surface area (Å²) in [6, 6.07) is 0.483. The molecular weight excluding hydrogens is 312 g/mol. The van der Waals surface area contributed by atoms with Crippen molar-refractivity contribution in [2.75, 3.05) is 0 Å². The first-order chi connectivity index (χ1) is 12.2. The Bertz CT molecular complexity index is 259. The Morgan fingerprint density at radius 3 is 1.64 bits per heavy atom. The van der Waals surface area contributed by atoms with E-state index in [1.165, 1.54) is 64.2 Å². The number of nitrogens with one attached hydrogen (secondary N) is 1. The van der Waals surface area contributed by atoms with Crippen LogP contribution in [0.5, 0.6) is 0 Å². The number of carbonyl (C=O) groups is 2. The van der Waals surface area contributed by atoms with Gasteiger partial charge in [-0.25, -0.2) is 0 Å². The standard InChI is InChI=1S/C9H17NO.C7H14.2C2H6.CH3NO/c1-2-9(11)10-8-6-4-3-5-7-8;1-2-7-5-3-4-6-7;2*1-2;2-1-3/h8H,2-7H2,1H3,(H,10,11);7H,2-6H2,1H3;2*1-2H3;1H,(H2,2,3). The predicted molar refractivity (Wildman–Crippen MR) is 111 cm³/mol. The Balaban J connectivity index is -0.000000298. The largest absolute Gasteiger partial charge is 0.372 e. The van der Waals surface area contributed by atoms with E-state index in [4.69, 9.17) is 4.79 Å². The van der Waals surface area contributed by atoms with E-state index >= 15 is 0 Å². The first-order valence-electron chi connectivity index (χ1n) is 10.6. The van der Waals surface area contributed by atoms with Gasteiger partial charge in [0, 0.05) is 12.5 Å². The number of rotatable bonds is 3. The molecule has 0 bridgehead atoms. The molecule has 25 heavy (non-hydrogen) atoms. The van der Waals surface area contributed by atoms with E-state index in [0.29, 0.717) is 12.5 Å². The zero-order valence-corrected chi connectivity index (χ0v) is 17.9. The number of nitrogens with two attached hydrogens (primary N) is 1. The van der Waals surface area contributed by atoms with Crippen molar-refractivity contribution in [3.63, 3.8) is 0 Å². The Morgan fingerprint density at radius 1 is 0.920 bits per heavy atom. The van der Waals surface area contributed by atoms with Gasteiger partial charge in [0.1, 0.15) is 0 Å². The molecular formula is C21H46N2O2. The lowest BCUT2D eigenvalue weighted by Crippen LogP contribution is -2.35. The number of amides is 2. The highest BCUT2D eigenvalue weighted by molar-refractivity contribution is 5.75. The van der Waals surface area contributed by atoms with Crippen LogP contribution >= 0.6 is 0 Å². The van der Waals surface area contributed by atoms with E-state index in [1.807, 2.05) is 34.6 Å². The maximum Gasteiger partial charge on any atom is 0.219 e. The lowest BCUT2D eigenvalue weighted by Gasteiger charge is -2.22. The normalized spacial score (nSPS) is 16.2. The van der Waals surface area contributed by atoms with Gasteiger partial charge in [-0.2, -0.15) is 0 Å². The number of hydrogen-bond acceptors (Lipinski definition) is 2. The quantitative estimate of drug-likeness (QED) is 0.646. The summed E-state index contributed by atoms with van der Waals surface area (Å²) in [5, 5.41) is 3.03. The molecule has 2 aliphatic rings. The fourth-order valence-corrected chi connectivity index (χ4v) is 3.00. The summed E-state index contributed by atoms with van der Waals surface area (Å²) in [5.74, 6) is 1.30. The SMILES string of the molecule is CC.CC.CCC(=O)NC1CCCCC1.CCC1CCCC1.NC=O. The van der Waals surface area contributed by atoms with Crippen LogP contribution in [0.2, 0.25) is 0 Å². The van der Waals surface area contributed by atoms with Crippen LogP contribution in [0.1, 0.15) is 112 Å². The Hall–Kier alpha value is -1.06. The smallest absolute Gasteiger partial charge is 0.219 e. The summed E-state index contributed by atoms with van der Waals surface area (Å²) in [7, 11) is 0. The summed E-state index contributed by atoms with van der Waals surface area (Å²) < 4.78 is 0. The van der Waals surface area contributed by atoms with Crippen LogP contribution in [0.15, 0.2) is 0 Å². The molecule has 3 N–H and O–H groups in total. The minimum absolute atomic E-state index is 0.205. The molecule has 0 unspecified atom stereocenters. The molecule has 0 aromatic carbocycles. The van der Waals surface area contributed by atoms with E-state index in [9.17, 15) is 4.79 Å². The van der Waals surface area contributed by atoms with Crippen molar-refractivity contribution < 1.29 is 9.59 Å². The van der Waals surface area contributed by atoms with Gasteiger partial charge in [-0.1, -0.05) is 92.9 Å². The van der Waals surface area contributed by atoms with E-state index in [1.54, 1.807) is 0 Å². The van der Waals surface area contributed by atoms with Gasteiger partial charge in [-0.15, -0.1) is 0 Å². The fraction of sp³-hybridized carbons (Fsp3) is 0.905. The second-order valence-corrected chi connectivity index (χ2v) is 5.95. The third-order valence-electron chi connectivity index (χ3n) is 4.34. The highest BCUT2D eigenvalue weighted by atomic mass is 16.1. The monoisotopic (exact) mass is 358 g/mol. The highest BCUT2D eigenvalue weighted by Gasteiger charge is 2.14. The van der Waals surface area contributed by atoms with Crippen LogP contribution in [0.25, 0.3) is 0 Å². The van der Waals surface area contributed by atoms with Crippen LogP contribution in [0, 0.1) is 5.92 Å². The maximum absolute atomic E-state index is 11.0. The molecule has 4 nitrogen and oxygen atoms in total. The molecule has 2 aliphatic carbocycles. The molecule has 4 heteroatoms. The van der Waals surface area contributed by atoms with Gasteiger partial charge < -0.3 is 11.1 Å². The van der Waals surface area contributed by atoms with Gasteiger partial charge in [0.25, 0.3) is 0 Å². The zero-order chi connectivity index (χ0) is 19.9. The second-order valence-electron chi connectivity index (χ2n) is 5.95. The summed E-state index contributed by atoms with van der Waals surface area (Å²) in [6.45, 7) is 12.2. The third-order valence-corrected chi connectivity index (χ3v) is 4.34. The van der Waals surface area contributed by atoms with E-state index in [0.717, 1.165) is 5.92 Å². The lowest BCUT2D eigenvalue weighted by atomic mass is 9.95. The molecule has 2 saturated carbocycles. The number of hydrogen-bond donors (Lipinski definition) is 2. The van der Waals surface area contributed by atoms with Crippen molar-refractivity contribution >= 4 is 12.3 Å². The third kappa shape index (κ3) is 20.9. The van der Waals surface area contributed by atoms with Crippen LogP contribution in [0.3, 0.4) is 0 Å². The van der Waals surface area contributed by atoms with Crippen LogP contribution in [-0.2, 0) is 9.59 Å². The average Bonchev–Trinajstić information content (AvgIpc) is 3.21. The first-order valence-corrected chi connectivity index (χ1v) is 10.6. The topological polar surface area (TPSA) is 72.2 Å². The first kappa shape index (κ1) is 28.7. The molecule has 2 fully saturated rings. The highest BCUT2D eigenvalue weighted by Crippen LogP contribution is 2.26. The summed E-state index contributed by atoms with van der Waals surface area (Å²) >= 11 is 0. The van der Waals surface area contributed by atoms with Gasteiger partial charge in [0.2, 0.25) is 12.3 Å². The minimum atomic E-state index is 0.205. The molecule has 0 atom stereocenters. The van der Waals surface area contributed by atoms with Gasteiger partial charge in [-0.3, -0.25) is 9.59 Å². The van der Waals surface area contributed by atoms with Gasteiger partial charge in [0.15, 0.2) is 0 Å². The van der Waals surface area contributed by atoms with Crippen molar-refractivity contribution in [2.45, 2.75) is 118 Å². The van der Waals surface area contributed by atoms with Crippen LogP contribution in [-0.4, -0.2) is 18.4 Å². The summed E-state index contributed by atoms with van der Waals surface area (Å²) in [4.78, 5) is 19.6. The molecule has 152 valence electrons. The number of primary amides is 1. The average molecular weight is 359 g/mol. The van der Waals surface area contributed by atoms with Crippen LogP contribution in [0.4, 0.5) is 0 Å². The predicted octanol–water partition coefficient (Wildman–Crippen LogP) is 5.59. The summed E-state index contributed by atoms with van der Waals surface area (Å²) in [5.41, 5.74) is 4.17. The van der Waals surface area contributed by atoms with Gasteiger partial charge in [0.05, 0.1) is 0 Å². The molecule has 0 radical (unpaired) electrons. The molecule has 0 aliphatic heterocycles.